The molecule has 108 valence electrons. The molecule has 0 fully saturated rings. The van der Waals surface area contributed by atoms with Crippen LogP contribution in [0.5, 0.6) is 5.75 Å². The van der Waals surface area contributed by atoms with Crippen LogP contribution in [-0.2, 0) is 0 Å². The molecule has 0 bridgehead atoms. The molecular formula is C12H14F5NO. The molecule has 0 aromatic heterocycles. The lowest BCUT2D eigenvalue weighted by Gasteiger charge is -2.15. The van der Waals surface area contributed by atoms with Crippen molar-refractivity contribution in [1.82, 2.24) is 5.32 Å². The number of benzene rings is 1. The number of halogens is 5. The monoisotopic (exact) mass is 283 g/mol. The molecule has 0 saturated carbocycles. The van der Waals surface area contributed by atoms with Crippen LogP contribution in [0, 0.1) is 35.0 Å². The molecule has 1 aromatic rings. The molecule has 0 aliphatic rings. The highest BCUT2D eigenvalue weighted by Crippen LogP contribution is 2.29. The first-order chi connectivity index (χ1) is 8.90. The lowest BCUT2D eigenvalue weighted by molar-refractivity contribution is 0.223. The van der Waals surface area contributed by atoms with E-state index in [0.717, 1.165) is 0 Å². The molecule has 1 aromatic carbocycles. The van der Waals surface area contributed by atoms with Crippen LogP contribution in [0.15, 0.2) is 0 Å². The van der Waals surface area contributed by atoms with Gasteiger partial charge in [0.15, 0.2) is 5.75 Å². The molecule has 0 spiro atoms. The Morgan fingerprint density at radius 1 is 0.947 bits per heavy atom. The van der Waals surface area contributed by atoms with Gasteiger partial charge in [-0.2, -0.15) is 8.78 Å². The molecule has 0 amide bonds. The van der Waals surface area contributed by atoms with Crippen molar-refractivity contribution in [3.63, 3.8) is 0 Å². The van der Waals surface area contributed by atoms with Crippen LogP contribution in [-0.4, -0.2) is 19.7 Å². The topological polar surface area (TPSA) is 21.3 Å². The number of rotatable bonds is 6. The van der Waals surface area contributed by atoms with E-state index in [0.29, 0.717) is 13.1 Å². The molecule has 19 heavy (non-hydrogen) atoms. The van der Waals surface area contributed by atoms with Crippen molar-refractivity contribution in [2.24, 2.45) is 5.92 Å². The van der Waals surface area contributed by atoms with Crippen LogP contribution >= 0.6 is 0 Å². The van der Waals surface area contributed by atoms with Gasteiger partial charge in [0, 0.05) is 12.5 Å². The van der Waals surface area contributed by atoms with Gasteiger partial charge in [-0.25, -0.2) is 13.2 Å². The SMILES string of the molecule is CCNCC(C)COc1c(F)c(F)c(F)c(F)c1F. The van der Waals surface area contributed by atoms with E-state index in [4.69, 9.17) is 4.74 Å². The van der Waals surface area contributed by atoms with Gasteiger partial charge < -0.3 is 10.1 Å². The van der Waals surface area contributed by atoms with Crippen molar-refractivity contribution in [3.05, 3.63) is 29.1 Å². The Labute approximate surface area is 107 Å². The van der Waals surface area contributed by atoms with Gasteiger partial charge in [-0.3, -0.25) is 0 Å². The Morgan fingerprint density at radius 3 is 1.89 bits per heavy atom. The molecule has 0 saturated heterocycles. The van der Waals surface area contributed by atoms with E-state index in [1.807, 2.05) is 6.92 Å². The van der Waals surface area contributed by atoms with Crippen LogP contribution in [0.4, 0.5) is 22.0 Å². The van der Waals surface area contributed by atoms with E-state index >= 15 is 0 Å². The highest BCUT2D eigenvalue weighted by atomic mass is 19.2. The van der Waals surface area contributed by atoms with Crippen LogP contribution < -0.4 is 10.1 Å². The van der Waals surface area contributed by atoms with Gasteiger partial charge in [-0.05, 0) is 6.54 Å². The fourth-order valence-electron chi connectivity index (χ4n) is 1.39. The second-order valence-corrected chi connectivity index (χ2v) is 4.12. The van der Waals surface area contributed by atoms with Crippen LogP contribution in [0.25, 0.3) is 0 Å². The smallest absolute Gasteiger partial charge is 0.206 e. The first kappa shape index (κ1) is 15.7. The second kappa shape index (κ2) is 6.70. The third-order valence-corrected chi connectivity index (χ3v) is 2.42. The predicted octanol–water partition coefficient (Wildman–Crippen LogP) is 3.01. The minimum absolute atomic E-state index is 0.144. The molecule has 1 unspecified atom stereocenters. The highest BCUT2D eigenvalue weighted by Gasteiger charge is 2.27. The quantitative estimate of drug-likeness (QED) is 0.492. The van der Waals surface area contributed by atoms with Crippen molar-refractivity contribution in [2.45, 2.75) is 13.8 Å². The maximum atomic E-state index is 13.2. The Bertz CT molecular complexity index is 423. The van der Waals surface area contributed by atoms with Crippen molar-refractivity contribution in [3.8, 4) is 5.75 Å². The van der Waals surface area contributed by atoms with Crippen molar-refractivity contribution < 1.29 is 26.7 Å². The number of nitrogens with one attached hydrogen (secondary N) is 1. The average Bonchev–Trinajstić information content (AvgIpc) is 2.40. The zero-order valence-corrected chi connectivity index (χ0v) is 10.5. The predicted molar refractivity (Wildman–Crippen MR) is 59.4 cm³/mol. The average molecular weight is 283 g/mol. The third kappa shape index (κ3) is 3.56. The molecule has 1 N–H and O–H groups in total. The molecule has 0 aliphatic heterocycles. The van der Waals surface area contributed by atoms with Gasteiger partial charge in [0.1, 0.15) is 0 Å². The zero-order chi connectivity index (χ0) is 14.6. The second-order valence-electron chi connectivity index (χ2n) is 4.12. The Kier molecular flexibility index (Phi) is 5.53. The molecule has 1 rings (SSSR count). The van der Waals surface area contributed by atoms with Crippen molar-refractivity contribution in [2.75, 3.05) is 19.7 Å². The first-order valence-electron chi connectivity index (χ1n) is 5.75. The fourth-order valence-corrected chi connectivity index (χ4v) is 1.39. The summed E-state index contributed by atoms with van der Waals surface area (Å²) < 4.78 is 69.7. The molecule has 0 aliphatic carbocycles. The molecule has 1 atom stereocenters. The number of hydrogen-bond donors (Lipinski definition) is 1. The van der Waals surface area contributed by atoms with E-state index in [1.165, 1.54) is 0 Å². The summed E-state index contributed by atoms with van der Waals surface area (Å²) in [7, 11) is 0. The van der Waals surface area contributed by atoms with Crippen LogP contribution in [0.1, 0.15) is 13.8 Å². The number of ether oxygens (including phenoxy) is 1. The van der Waals surface area contributed by atoms with Crippen molar-refractivity contribution in [1.29, 1.82) is 0 Å². The van der Waals surface area contributed by atoms with Crippen LogP contribution in [0.3, 0.4) is 0 Å². The van der Waals surface area contributed by atoms with Crippen LogP contribution in [0.2, 0.25) is 0 Å². The summed E-state index contributed by atoms with van der Waals surface area (Å²) in [6.07, 6.45) is 0. The zero-order valence-electron chi connectivity index (χ0n) is 10.5. The number of hydrogen-bond acceptors (Lipinski definition) is 2. The first-order valence-corrected chi connectivity index (χ1v) is 5.75. The standard InChI is InChI=1S/C12H14F5NO/c1-3-18-4-6(2)5-19-12-10(16)8(14)7(13)9(15)11(12)17/h6,18H,3-5H2,1-2H3. The van der Waals surface area contributed by atoms with Gasteiger partial charge in [0.05, 0.1) is 6.61 Å². The lowest BCUT2D eigenvalue weighted by Crippen LogP contribution is -2.25. The normalized spacial score (nSPS) is 12.6. The third-order valence-electron chi connectivity index (χ3n) is 2.42. The lowest BCUT2D eigenvalue weighted by atomic mass is 10.2. The van der Waals surface area contributed by atoms with Gasteiger partial charge in [-0.1, -0.05) is 13.8 Å². The van der Waals surface area contributed by atoms with Gasteiger partial charge in [-0.15, -0.1) is 0 Å². The van der Waals surface area contributed by atoms with E-state index in [-0.39, 0.29) is 12.5 Å². The molecule has 7 heteroatoms. The van der Waals surface area contributed by atoms with E-state index in [2.05, 4.69) is 5.32 Å². The Balaban J connectivity index is 2.84. The molecule has 2 nitrogen and oxygen atoms in total. The minimum atomic E-state index is -2.19. The summed E-state index contributed by atoms with van der Waals surface area (Å²) in [5.41, 5.74) is 0. The Hall–Kier alpha value is -1.37. The van der Waals surface area contributed by atoms with Gasteiger partial charge >= 0.3 is 0 Å². The van der Waals surface area contributed by atoms with E-state index in [9.17, 15) is 22.0 Å². The summed E-state index contributed by atoms with van der Waals surface area (Å²) in [5, 5.41) is 2.97. The van der Waals surface area contributed by atoms with Crippen molar-refractivity contribution >= 4 is 0 Å². The summed E-state index contributed by atoms with van der Waals surface area (Å²) in [6.45, 7) is 4.64. The summed E-state index contributed by atoms with van der Waals surface area (Å²) in [4.78, 5) is 0. The van der Waals surface area contributed by atoms with E-state index in [1.54, 1.807) is 6.92 Å². The largest absolute Gasteiger partial charge is 0.487 e. The Morgan fingerprint density at radius 2 is 1.42 bits per heavy atom. The minimum Gasteiger partial charge on any atom is -0.487 e. The summed E-state index contributed by atoms with van der Waals surface area (Å²) in [6, 6.07) is 0. The maximum absolute atomic E-state index is 13.2. The maximum Gasteiger partial charge on any atom is 0.206 e. The molecular weight excluding hydrogens is 269 g/mol. The fraction of sp³-hybridized carbons (Fsp3) is 0.500. The highest BCUT2D eigenvalue weighted by molar-refractivity contribution is 5.29. The van der Waals surface area contributed by atoms with Gasteiger partial charge in [0.2, 0.25) is 29.1 Å². The summed E-state index contributed by atoms with van der Waals surface area (Å²) in [5.74, 6) is -11.5. The molecule has 0 radical (unpaired) electrons. The van der Waals surface area contributed by atoms with E-state index < -0.39 is 34.8 Å². The summed E-state index contributed by atoms with van der Waals surface area (Å²) >= 11 is 0. The van der Waals surface area contributed by atoms with Gasteiger partial charge in [0.25, 0.3) is 0 Å². The molecule has 0 heterocycles.